The minimum atomic E-state index is -0.191. The first-order valence-electron chi connectivity index (χ1n) is 7.81. The zero-order valence-corrected chi connectivity index (χ0v) is 14.2. The van der Waals surface area contributed by atoms with E-state index < -0.39 is 0 Å². The number of carbonyl (C=O) groups excluding carboxylic acids is 1. The lowest BCUT2D eigenvalue weighted by molar-refractivity contribution is 0.0981. The quantitative estimate of drug-likeness (QED) is 0.550. The molecule has 4 nitrogen and oxygen atoms in total. The van der Waals surface area contributed by atoms with E-state index in [1.165, 1.54) is 5.01 Å². The average Bonchev–Trinajstić information content (AvgIpc) is 2.68. The highest BCUT2D eigenvalue weighted by Crippen LogP contribution is 2.15. The van der Waals surface area contributed by atoms with Gasteiger partial charge in [0.1, 0.15) is 0 Å². The predicted molar refractivity (Wildman–Crippen MR) is 105 cm³/mol. The van der Waals surface area contributed by atoms with Crippen molar-refractivity contribution in [1.82, 2.24) is 5.43 Å². The topological polar surface area (TPSA) is 44.4 Å². The highest BCUT2D eigenvalue weighted by Gasteiger charge is 2.18. The van der Waals surface area contributed by atoms with E-state index in [0.29, 0.717) is 16.4 Å². The number of thiocarbonyl (C=S) groups is 1. The molecular formula is C20H17N3OS. The van der Waals surface area contributed by atoms with Gasteiger partial charge in [-0.1, -0.05) is 54.6 Å². The Bertz CT molecular complexity index is 839. The van der Waals surface area contributed by atoms with E-state index >= 15 is 0 Å². The van der Waals surface area contributed by atoms with Crippen LogP contribution in [-0.4, -0.2) is 11.0 Å². The van der Waals surface area contributed by atoms with Crippen LogP contribution in [0.4, 0.5) is 11.4 Å². The number of amides is 1. The molecule has 3 aromatic rings. The van der Waals surface area contributed by atoms with Crippen LogP contribution in [-0.2, 0) is 0 Å². The molecule has 3 aromatic carbocycles. The van der Waals surface area contributed by atoms with Crippen LogP contribution in [0.1, 0.15) is 10.4 Å². The summed E-state index contributed by atoms with van der Waals surface area (Å²) in [5.74, 6) is -0.191. The lowest BCUT2D eigenvalue weighted by atomic mass is 10.2. The van der Waals surface area contributed by atoms with Crippen LogP contribution >= 0.6 is 12.2 Å². The molecule has 1 amide bonds. The van der Waals surface area contributed by atoms with Crippen molar-refractivity contribution in [3.8, 4) is 0 Å². The molecule has 0 heterocycles. The average molecular weight is 347 g/mol. The number of para-hydroxylation sites is 2. The molecule has 0 spiro atoms. The van der Waals surface area contributed by atoms with Gasteiger partial charge in [0.05, 0.1) is 5.69 Å². The number of hydrogen-bond acceptors (Lipinski definition) is 2. The molecule has 0 unspecified atom stereocenters. The summed E-state index contributed by atoms with van der Waals surface area (Å²) in [6.45, 7) is 0. The van der Waals surface area contributed by atoms with Crippen molar-refractivity contribution in [3.05, 3.63) is 96.6 Å². The first kappa shape index (κ1) is 16.7. The van der Waals surface area contributed by atoms with Gasteiger partial charge in [0.2, 0.25) is 0 Å². The molecule has 5 heteroatoms. The maximum atomic E-state index is 12.9. The van der Waals surface area contributed by atoms with Crippen LogP contribution in [0.5, 0.6) is 0 Å². The lowest BCUT2D eigenvalue weighted by Gasteiger charge is -2.25. The Kier molecular flexibility index (Phi) is 5.39. The molecule has 0 saturated heterocycles. The Labute approximate surface area is 152 Å². The third-order valence-electron chi connectivity index (χ3n) is 3.48. The van der Waals surface area contributed by atoms with Crippen molar-refractivity contribution in [2.45, 2.75) is 0 Å². The molecule has 0 fully saturated rings. The number of hydrogen-bond donors (Lipinski definition) is 2. The molecule has 0 aromatic heterocycles. The first-order chi connectivity index (χ1) is 12.2. The van der Waals surface area contributed by atoms with Gasteiger partial charge in [-0.2, -0.15) is 0 Å². The van der Waals surface area contributed by atoms with Crippen molar-refractivity contribution in [2.24, 2.45) is 0 Å². The van der Waals surface area contributed by atoms with E-state index in [9.17, 15) is 4.79 Å². The second-order valence-corrected chi connectivity index (χ2v) is 5.68. The van der Waals surface area contributed by atoms with Crippen molar-refractivity contribution in [3.63, 3.8) is 0 Å². The van der Waals surface area contributed by atoms with Crippen LogP contribution < -0.4 is 15.8 Å². The Balaban J connectivity index is 1.82. The molecule has 0 saturated carbocycles. The standard InChI is InChI=1S/C20H17N3OS/c24-19(16-10-4-1-5-11-16)23(18-14-8-3-9-15-18)22-20(25)21-17-12-6-2-7-13-17/h1-15H,(H2,21,22,25). The molecule has 0 aliphatic carbocycles. The number of benzene rings is 3. The Morgan fingerprint density at radius 3 is 1.88 bits per heavy atom. The Morgan fingerprint density at radius 2 is 1.28 bits per heavy atom. The largest absolute Gasteiger partial charge is 0.331 e. The monoisotopic (exact) mass is 347 g/mol. The van der Waals surface area contributed by atoms with E-state index in [2.05, 4.69) is 10.7 Å². The molecule has 0 radical (unpaired) electrons. The fraction of sp³-hybridized carbons (Fsp3) is 0. The van der Waals surface area contributed by atoms with E-state index in [-0.39, 0.29) is 5.91 Å². The summed E-state index contributed by atoms with van der Waals surface area (Å²) >= 11 is 5.37. The second kappa shape index (κ2) is 8.08. The summed E-state index contributed by atoms with van der Waals surface area (Å²) < 4.78 is 0. The van der Waals surface area contributed by atoms with Crippen LogP contribution in [0, 0.1) is 0 Å². The molecule has 0 atom stereocenters. The van der Waals surface area contributed by atoms with Gasteiger partial charge in [-0.05, 0) is 48.6 Å². The zero-order chi connectivity index (χ0) is 17.5. The second-order valence-electron chi connectivity index (χ2n) is 5.27. The molecule has 2 N–H and O–H groups in total. The lowest BCUT2D eigenvalue weighted by Crippen LogP contribution is -2.48. The van der Waals surface area contributed by atoms with Crippen LogP contribution in [0.3, 0.4) is 0 Å². The minimum absolute atomic E-state index is 0.191. The number of carbonyl (C=O) groups is 1. The number of nitrogens with zero attached hydrogens (tertiary/aromatic N) is 1. The SMILES string of the molecule is O=C(c1ccccc1)N(NC(=S)Nc1ccccc1)c1ccccc1. The van der Waals surface area contributed by atoms with Gasteiger partial charge in [-0.15, -0.1) is 0 Å². The number of anilines is 2. The zero-order valence-electron chi connectivity index (χ0n) is 13.4. The Morgan fingerprint density at radius 1 is 0.760 bits per heavy atom. The third kappa shape index (κ3) is 4.43. The maximum absolute atomic E-state index is 12.9. The van der Waals surface area contributed by atoms with Crippen LogP contribution in [0.15, 0.2) is 91.0 Å². The highest BCUT2D eigenvalue weighted by molar-refractivity contribution is 7.80. The molecular weight excluding hydrogens is 330 g/mol. The number of hydrazine groups is 1. The van der Waals surface area contributed by atoms with Crippen LogP contribution in [0.25, 0.3) is 0 Å². The molecule has 0 bridgehead atoms. The molecule has 0 aliphatic rings. The molecule has 25 heavy (non-hydrogen) atoms. The van der Waals surface area contributed by atoms with Gasteiger partial charge in [0.25, 0.3) is 5.91 Å². The van der Waals surface area contributed by atoms with Crippen LogP contribution in [0.2, 0.25) is 0 Å². The summed E-state index contributed by atoms with van der Waals surface area (Å²) in [5, 5.41) is 4.85. The van der Waals surface area contributed by atoms with E-state index in [4.69, 9.17) is 12.2 Å². The highest BCUT2D eigenvalue weighted by atomic mass is 32.1. The van der Waals surface area contributed by atoms with E-state index in [1.807, 2.05) is 78.9 Å². The van der Waals surface area contributed by atoms with Gasteiger partial charge < -0.3 is 5.32 Å². The van der Waals surface area contributed by atoms with Gasteiger partial charge in [0, 0.05) is 11.3 Å². The van der Waals surface area contributed by atoms with Crippen molar-refractivity contribution in [2.75, 3.05) is 10.3 Å². The van der Waals surface area contributed by atoms with Gasteiger partial charge >= 0.3 is 0 Å². The molecule has 3 rings (SSSR count). The number of nitrogens with one attached hydrogen (secondary N) is 2. The first-order valence-corrected chi connectivity index (χ1v) is 8.22. The molecule has 124 valence electrons. The van der Waals surface area contributed by atoms with Gasteiger partial charge in [-0.25, -0.2) is 5.01 Å². The molecule has 0 aliphatic heterocycles. The van der Waals surface area contributed by atoms with Crippen molar-refractivity contribution < 1.29 is 4.79 Å². The smallest absolute Gasteiger partial charge is 0.276 e. The van der Waals surface area contributed by atoms with Gasteiger partial charge in [-0.3, -0.25) is 10.2 Å². The van der Waals surface area contributed by atoms with Crippen molar-refractivity contribution in [1.29, 1.82) is 0 Å². The third-order valence-corrected chi connectivity index (χ3v) is 3.68. The normalized spacial score (nSPS) is 9.92. The van der Waals surface area contributed by atoms with Gasteiger partial charge in [0.15, 0.2) is 5.11 Å². The van der Waals surface area contributed by atoms with E-state index in [1.54, 1.807) is 12.1 Å². The summed E-state index contributed by atoms with van der Waals surface area (Å²) in [7, 11) is 0. The summed E-state index contributed by atoms with van der Waals surface area (Å²) in [4.78, 5) is 12.9. The van der Waals surface area contributed by atoms with Crippen molar-refractivity contribution >= 4 is 34.6 Å². The summed E-state index contributed by atoms with van der Waals surface area (Å²) in [5.41, 5.74) is 5.10. The predicted octanol–water partition coefficient (Wildman–Crippen LogP) is 4.24. The fourth-order valence-electron chi connectivity index (χ4n) is 2.30. The maximum Gasteiger partial charge on any atom is 0.276 e. The van der Waals surface area contributed by atoms with E-state index in [0.717, 1.165) is 5.69 Å². The Hall–Kier alpha value is -3.18. The summed E-state index contributed by atoms with van der Waals surface area (Å²) in [6.07, 6.45) is 0. The fourth-order valence-corrected chi connectivity index (χ4v) is 2.51. The minimum Gasteiger partial charge on any atom is -0.331 e. The summed E-state index contributed by atoms with van der Waals surface area (Å²) in [6, 6.07) is 28.0. The number of rotatable bonds is 3.